The van der Waals surface area contributed by atoms with Gasteiger partial charge < -0.3 is 5.32 Å². The summed E-state index contributed by atoms with van der Waals surface area (Å²) in [7, 11) is 0. The molecule has 15 heavy (non-hydrogen) atoms. The summed E-state index contributed by atoms with van der Waals surface area (Å²) in [6.07, 6.45) is 2.62. The molecule has 0 saturated carbocycles. The van der Waals surface area contributed by atoms with E-state index in [4.69, 9.17) is 0 Å². The molecule has 0 amide bonds. The lowest BCUT2D eigenvalue weighted by Crippen LogP contribution is -2.51. The zero-order valence-electron chi connectivity index (χ0n) is 11.6. The van der Waals surface area contributed by atoms with E-state index < -0.39 is 0 Å². The average molecular weight is 214 g/mol. The van der Waals surface area contributed by atoms with Crippen molar-refractivity contribution in [2.24, 2.45) is 0 Å². The van der Waals surface area contributed by atoms with Crippen molar-refractivity contribution in [3.8, 4) is 0 Å². The fourth-order valence-electron chi connectivity index (χ4n) is 2.40. The van der Waals surface area contributed by atoms with Crippen molar-refractivity contribution in [2.75, 3.05) is 19.6 Å². The lowest BCUT2D eigenvalue weighted by molar-refractivity contribution is 0.0704. The Labute approximate surface area is 96.4 Å². The molecule has 1 N–H and O–H groups in total. The molecule has 0 bridgehead atoms. The van der Waals surface area contributed by atoms with Crippen LogP contribution in [0.25, 0.3) is 0 Å². The molecule has 0 aromatic heterocycles. The highest BCUT2D eigenvalue weighted by Gasteiger charge is 2.28. The predicted octanol–water partition coefficient (Wildman–Crippen LogP) is 2.89. The van der Waals surface area contributed by atoms with Crippen molar-refractivity contribution in [1.29, 1.82) is 0 Å². The Morgan fingerprint density at radius 2 is 1.60 bits per heavy atom. The quantitative estimate of drug-likeness (QED) is 0.760. The molecule has 2 heteroatoms. The molecular weight excluding hydrogens is 184 g/mol. The molecule has 0 atom stereocenters. The average Bonchev–Trinajstić information content (AvgIpc) is 2.21. The van der Waals surface area contributed by atoms with Crippen LogP contribution in [0.2, 0.25) is 0 Å². The van der Waals surface area contributed by atoms with E-state index in [0.717, 1.165) is 6.04 Å². The second-order valence-electron chi connectivity index (χ2n) is 4.94. The normalized spacial score (nSPS) is 18.6. The van der Waals surface area contributed by atoms with Crippen LogP contribution in [0, 0.1) is 0 Å². The van der Waals surface area contributed by atoms with Crippen LogP contribution in [0.15, 0.2) is 0 Å². The van der Waals surface area contributed by atoms with Gasteiger partial charge >= 0.3 is 0 Å². The molecule has 0 radical (unpaired) electrons. The molecular formula is C13H30N2. The van der Waals surface area contributed by atoms with Crippen LogP contribution in [-0.2, 0) is 0 Å². The first-order chi connectivity index (χ1) is 7.05. The van der Waals surface area contributed by atoms with Crippen molar-refractivity contribution in [1.82, 2.24) is 10.2 Å². The van der Waals surface area contributed by atoms with Gasteiger partial charge in [0.1, 0.15) is 0 Å². The van der Waals surface area contributed by atoms with E-state index in [-0.39, 0.29) is 0 Å². The fourth-order valence-corrected chi connectivity index (χ4v) is 2.40. The van der Waals surface area contributed by atoms with Gasteiger partial charge in [0.05, 0.1) is 0 Å². The summed E-state index contributed by atoms with van der Waals surface area (Å²) in [6, 6.07) is 0.797. The van der Waals surface area contributed by atoms with Gasteiger partial charge in [0.2, 0.25) is 0 Å². The highest BCUT2D eigenvalue weighted by molar-refractivity contribution is 4.85. The van der Waals surface area contributed by atoms with E-state index in [9.17, 15) is 0 Å². The minimum Gasteiger partial charge on any atom is -0.317 e. The maximum atomic E-state index is 3.42. The fraction of sp³-hybridized carbons (Fsp3) is 1.00. The summed E-state index contributed by atoms with van der Waals surface area (Å²) in [5.74, 6) is 0. The van der Waals surface area contributed by atoms with Crippen molar-refractivity contribution < 1.29 is 0 Å². The number of piperidine rings is 1. The number of hydrogen-bond acceptors (Lipinski definition) is 2. The second-order valence-corrected chi connectivity index (χ2v) is 4.94. The molecule has 1 rings (SSSR count). The van der Waals surface area contributed by atoms with Crippen LogP contribution in [0.1, 0.15) is 54.4 Å². The molecule has 1 aliphatic rings. The number of hydrogen-bond donors (Lipinski definition) is 1. The predicted molar refractivity (Wildman–Crippen MR) is 69.4 cm³/mol. The topological polar surface area (TPSA) is 15.3 Å². The molecule has 0 aromatic carbocycles. The summed E-state index contributed by atoms with van der Waals surface area (Å²) < 4.78 is 0. The van der Waals surface area contributed by atoms with E-state index in [1.807, 2.05) is 13.8 Å². The molecule has 1 fully saturated rings. The summed E-state index contributed by atoms with van der Waals surface area (Å²) >= 11 is 0. The summed E-state index contributed by atoms with van der Waals surface area (Å²) in [4.78, 5) is 2.63. The second kappa shape index (κ2) is 7.24. The lowest BCUT2D eigenvalue weighted by Gasteiger charge is -2.42. The van der Waals surface area contributed by atoms with E-state index in [2.05, 4.69) is 37.9 Å². The molecule has 0 unspecified atom stereocenters. The summed E-state index contributed by atoms with van der Waals surface area (Å²) in [5.41, 5.74) is 0.330. The molecule has 0 aliphatic carbocycles. The minimum atomic E-state index is 0.330. The molecule has 0 spiro atoms. The third-order valence-electron chi connectivity index (χ3n) is 2.95. The highest BCUT2D eigenvalue weighted by Crippen LogP contribution is 2.21. The van der Waals surface area contributed by atoms with Crippen molar-refractivity contribution in [3.05, 3.63) is 0 Å². The van der Waals surface area contributed by atoms with Crippen LogP contribution in [0.4, 0.5) is 0 Å². The lowest BCUT2D eigenvalue weighted by atomic mass is 9.97. The van der Waals surface area contributed by atoms with Gasteiger partial charge in [0.15, 0.2) is 0 Å². The Kier molecular flexibility index (Phi) is 7.20. The van der Waals surface area contributed by atoms with Gasteiger partial charge in [-0.2, -0.15) is 0 Å². The Balaban J connectivity index is 0.000000921. The monoisotopic (exact) mass is 214 g/mol. The Hall–Kier alpha value is -0.0800. The van der Waals surface area contributed by atoms with Gasteiger partial charge in [0, 0.05) is 11.6 Å². The summed E-state index contributed by atoms with van der Waals surface area (Å²) in [6.45, 7) is 16.8. The number of rotatable bonds is 2. The van der Waals surface area contributed by atoms with Crippen molar-refractivity contribution in [3.63, 3.8) is 0 Å². The van der Waals surface area contributed by atoms with E-state index in [1.54, 1.807) is 0 Å². The largest absolute Gasteiger partial charge is 0.317 e. The molecule has 92 valence electrons. The van der Waals surface area contributed by atoms with Crippen molar-refractivity contribution >= 4 is 0 Å². The maximum Gasteiger partial charge on any atom is 0.0127 e. The first-order valence-electron chi connectivity index (χ1n) is 6.53. The van der Waals surface area contributed by atoms with Crippen LogP contribution >= 0.6 is 0 Å². The molecule has 1 aliphatic heterocycles. The minimum absolute atomic E-state index is 0.330. The maximum absolute atomic E-state index is 3.42. The van der Waals surface area contributed by atoms with E-state index in [1.165, 1.54) is 32.5 Å². The van der Waals surface area contributed by atoms with Crippen LogP contribution < -0.4 is 5.32 Å². The molecule has 1 heterocycles. The zero-order chi connectivity index (χ0) is 11.9. The van der Waals surface area contributed by atoms with Gasteiger partial charge in [-0.05, 0) is 53.2 Å². The van der Waals surface area contributed by atoms with Gasteiger partial charge in [-0.1, -0.05) is 20.8 Å². The zero-order valence-corrected chi connectivity index (χ0v) is 11.6. The van der Waals surface area contributed by atoms with Gasteiger partial charge in [-0.3, -0.25) is 4.90 Å². The first-order valence-corrected chi connectivity index (χ1v) is 6.53. The third-order valence-corrected chi connectivity index (χ3v) is 2.95. The van der Waals surface area contributed by atoms with Crippen LogP contribution in [0.5, 0.6) is 0 Å². The molecule has 2 nitrogen and oxygen atoms in total. The number of nitrogens with zero attached hydrogens (tertiary/aromatic N) is 1. The van der Waals surface area contributed by atoms with Gasteiger partial charge in [0.25, 0.3) is 0 Å². The number of nitrogens with one attached hydrogen (secondary N) is 1. The van der Waals surface area contributed by atoms with E-state index in [0.29, 0.717) is 5.54 Å². The Bertz CT molecular complexity index is 143. The smallest absolute Gasteiger partial charge is 0.0127 e. The third kappa shape index (κ3) is 4.98. The first kappa shape index (κ1) is 14.9. The molecule has 1 saturated heterocycles. The van der Waals surface area contributed by atoms with Gasteiger partial charge in [-0.25, -0.2) is 0 Å². The highest BCUT2D eigenvalue weighted by atomic mass is 15.2. The summed E-state index contributed by atoms with van der Waals surface area (Å²) in [5, 5.41) is 3.42. The Morgan fingerprint density at radius 1 is 1.13 bits per heavy atom. The standard InChI is InChI=1S/C11H24N2.C2H6/c1-5-13(11(2,3)4)10-6-8-12-9-7-10;1-2/h10,12H,5-9H2,1-4H3;1-2H3. The van der Waals surface area contributed by atoms with E-state index >= 15 is 0 Å². The van der Waals surface area contributed by atoms with Crippen molar-refractivity contribution in [2.45, 2.75) is 66.0 Å². The van der Waals surface area contributed by atoms with Crippen LogP contribution in [0.3, 0.4) is 0 Å². The SMILES string of the molecule is CC.CCN(C1CCNCC1)C(C)(C)C. The molecule has 0 aromatic rings. The Morgan fingerprint density at radius 3 is 1.93 bits per heavy atom. The van der Waals surface area contributed by atoms with Crippen LogP contribution in [-0.4, -0.2) is 36.1 Å². The van der Waals surface area contributed by atoms with Gasteiger partial charge in [-0.15, -0.1) is 0 Å².